The number of anilines is 1. The molecule has 0 radical (unpaired) electrons. The highest BCUT2D eigenvalue weighted by molar-refractivity contribution is 7.15. The van der Waals surface area contributed by atoms with Gasteiger partial charge >= 0.3 is 0 Å². The highest BCUT2D eigenvalue weighted by atomic mass is 32.1. The Morgan fingerprint density at radius 1 is 1.21 bits per heavy atom. The van der Waals surface area contributed by atoms with Gasteiger partial charge in [-0.05, 0) is 47.7 Å². The second-order valence-corrected chi connectivity index (χ2v) is 7.89. The highest BCUT2D eigenvalue weighted by Crippen LogP contribution is 2.54. The predicted molar refractivity (Wildman–Crippen MR) is 97.7 cm³/mol. The molecule has 2 heterocycles. The number of benzene rings is 1. The van der Waals surface area contributed by atoms with Crippen LogP contribution in [0.2, 0.25) is 0 Å². The van der Waals surface area contributed by atoms with E-state index in [0.717, 1.165) is 23.4 Å². The first-order chi connectivity index (χ1) is 11.7. The van der Waals surface area contributed by atoms with Crippen molar-refractivity contribution in [2.75, 3.05) is 5.32 Å². The summed E-state index contributed by atoms with van der Waals surface area (Å²) < 4.78 is 0. The molecule has 0 spiro atoms. The van der Waals surface area contributed by atoms with Crippen LogP contribution < -0.4 is 5.32 Å². The molecule has 1 fully saturated rings. The van der Waals surface area contributed by atoms with Gasteiger partial charge in [0.05, 0.1) is 5.92 Å². The molecule has 1 N–H and O–H groups in total. The fraction of sp³-hybridized carbons (Fsp3) is 0.278. The predicted octanol–water partition coefficient (Wildman–Crippen LogP) is 4.42. The summed E-state index contributed by atoms with van der Waals surface area (Å²) in [5.74, 6) is -0.228. The summed E-state index contributed by atoms with van der Waals surface area (Å²) in [5, 5.41) is 17.0. The van der Waals surface area contributed by atoms with Crippen LogP contribution >= 0.6 is 22.7 Å². The lowest BCUT2D eigenvalue weighted by atomic mass is 9.97. The smallest absolute Gasteiger partial charge is 0.233 e. The van der Waals surface area contributed by atoms with Crippen molar-refractivity contribution >= 4 is 33.7 Å². The number of carbonyl (C=O) groups excluding carboxylic acids is 1. The van der Waals surface area contributed by atoms with Crippen LogP contribution in [0.15, 0.2) is 47.2 Å². The molecule has 0 aliphatic heterocycles. The molecule has 6 heteroatoms. The van der Waals surface area contributed by atoms with Gasteiger partial charge < -0.3 is 5.32 Å². The molecule has 4 rings (SSSR count). The summed E-state index contributed by atoms with van der Waals surface area (Å²) in [5.41, 5.74) is 2.32. The van der Waals surface area contributed by atoms with E-state index >= 15 is 0 Å². The van der Waals surface area contributed by atoms with E-state index < -0.39 is 0 Å². The van der Waals surface area contributed by atoms with E-state index in [4.69, 9.17) is 0 Å². The van der Waals surface area contributed by atoms with Crippen LogP contribution in [0, 0.1) is 0 Å². The summed E-state index contributed by atoms with van der Waals surface area (Å²) in [6.45, 7) is 1.91. The number of nitrogens with zero attached hydrogens (tertiary/aromatic N) is 2. The van der Waals surface area contributed by atoms with Crippen molar-refractivity contribution in [1.29, 1.82) is 0 Å². The molecule has 24 heavy (non-hydrogen) atoms. The fourth-order valence-electron chi connectivity index (χ4n) is 2.86. The molecule has 1 atom stereocenters. The quantitative estimate of drug-likeness (QED) is 0.737. The van der Waals surface area contributed by atoms with Gasteiger partial charge in [-0.1, -0.05) is 41.7 Å². The van der Waals surface area contributed by atoms with Gasteiger partial charge in [-0.15, -0.1) is 10.2 Å². The molecule has 1 amide bonds. The number of carbonyl (C=O) groups is 1. The molecule has 0 saturated heterocycles. The molecule has 4 nitrogen and oxygen atoms in total. The average Bonchev–Trinajstić information content (AvgIpc) is 3.02. The van der Waals surface area contributed by atoms with Crippen molar-refractivity contribution in [3.8, 4) is 0 Å². The van der Waals surface area contributed by atoms with Gasteiger partial charge in [-0.2, -0.15) is 11.3 Å². The third-order valence-corrected chi connectivity index (χ3v) is 6.32. The third-order valence-electron chi connectivity index (χ3n) is 4.58. The Hall–Kier alpha value is -2.05. The minimum absolute atomic E-state index is 0.000871. The van der Waals surface area contributed by atoms with Crippen molar-refractivity contribution < 1.29 is 4.79 Å². The number of amides is 1. The first-order valence-electron chi connectivity index (χ1n) is 7.91. The minimum atomic E-state index is -0.187. The molecular formula is C18H17N3OS2. The number of thiophene rings is 1. The summed E-state index contributed by atoms with van der Waals surface area (Å²) >= 11 is 3.09. The Kier molecular flexibility index (Phi) is 3.94. The molecule has 0 bridgehead atoms. The first kappa shape index (κ1) is 15.5. The fourth-order valence-corrected chi connectivity index (χ4v) is 4.63. The van der Waals surface area contributed by atoms with Crippen LogP contribution in [0.1, 0.15) is 41.8 Å². The van der Waals surface area contributed by atoms with Gasteiger partial charge in [0.1, 0.15) is 5.01 Å². The van der Waals surface area contributed by atoms with Crippen LogP contribution in [0.25, 0.3) is 0 Å². The number of hydrogen-bond donors (Lipinski definition) is 1. The van der Waals surface area contributed by atoms with Gasteiger partial charge in [0.25, 0.3) is 0 Å². The van der Waals surface area contributed by atoms with Crippen molar-refractivity contribution in [1.82, 2.24) is 10.2 Å². The molecule has 122 valence electrons. The lowest BCUT2D eigenvalue weighted by Crippen LogP contribution is -2.18. The minimum Gasteiger partial charge on any atom is -0.300 e. The third kappa shape index (κ3) is 2.76. The summed E-state index contributed by atoms with van der Waals surface area (Å²) in [6, 6.07) is 12.4. The normalized spacial score (nSPS) is 16.5. The Balaban J connectivity index is 1.51. The zero-order valence-electron chi connectivity index (χ0n) is 13.2. The molecule has 2 aromatic heterocycles. The van der Waals surface area contributed by atoms with Crippen LogP contribution in [0.3, 0.4) is 0 Å². The van der Waals surface area contributed by atoms with E-state index in [2.05, 4.69) is 39.8 Å². The van der Waals surface area contributed by atoms with Crippen LogP contribution in [0.4, 0.5) is 5.13 Å². The van der Waals surface area contributed by atoms with Crippen LogP contribution in [-0.2, 0) is 10.2 Å². The number of nitrogens with one attached hydrogen (secondary N) is 1. The highest BCUT2D eigenvalue weighted by Gasteiger charge is 2.48. The monoisotopic (exact) mass is 355 g/mol. The number of aromatic nitrogens is 2. The Bertz CT molecular complexity index is 838. The van der Waals surface area contributed by atoms with Gasteiger partial charge in [-0.3, -0.25) is 4.79 Å². The summed E-state index contributed by atoms with van der Waals surface area (Å²) in [6.07, 6.45) is 2.18. The van der Waals surface area contributed by atoms with Gasteiger partial charge in [-0.25, -0.2) is 0 Å². The van der Waals surface area contributed by atoms with Crippen molar-refractivity contribution in [2.24, 2.45) is 0 Å². The molecular weight excluding hydrogens is 338 g/mol. The summed E-state index contributed by atoms with van der Waals surface area (Å²) in [7, 11) is 0. The van der Waals surface area contributed by atoms with E-state index in [1.807, 2.05) is 29.8 Å². The van der Waals surface area contributed by atoms with E-state index in [1.165, 1.54) is 16.9 Å². The van der Waals surface area contributed by atoms with E-state index in [0.29, 0.717) is 5.13 Å². The maximum absolute atomic E-state index is 12.4. The molecule has 1 aromatic carbocycles. The van der Waals surface area contributed by atoms with Crippen LogP contribution in [0.5, 0.6) is 0 Å². The standard InChI is InChI=1S/C18H17N3OS2/c1-12(13-7-10-23-11-13)15(22)19-17-21-20-16(24-17)18(8-9-18)14-5-3-2-4-6-14/h2-7,10-12H,8-9H2,1H3,(H,19,21,22). The molecule has 1 saturated carbocycles. The van der Waals surface area contributed by atoms with E-state index in [1.54, 1.807) is 11.3 Å². The van der Waals surface area contributed by atoms with Crippen molar-refractivity contribution in [3.05, 3.63) is 63.3 Å². The average molecular weight is 355 g/mol. The molecule has 1 aliphatic carbocycles. The lowest BCUT2D eigenvalue weighted by molar-refractivity contribution is -0.117. The molecule has 1 aliphatic rings. The van der Waals surface area contributed by atoms with Gasteiger partial charge in [0.15, 0.2) is 0 Å². The number of hydrogen-bond acceptors (Lipinski definition) is 5. The van der Waals surface area contributed by atoms with Crippen molar-refractivity contribution in [2.45, 2.75) is 31.1 Å². The van der Waals surface area contributed by atoms with E-state index in [9.17, 15) is 4.79 Å². The molecule has 1 unspecified atom stereocenters. The second kappa shape index (κ2) is 6.11. The number of rotatable bonds is 5. The first-order valence-corrected chi connectivity index (χ1v) is 9.67. The lowest BCUT2D eigenvalue weighted by Gasteiger charge is -2.11. The maximum Gasteiger partial charge on any atom is 0.233 e. The van der Waals surface area contributed by atoms with Crippen molar-refractivity contribution in [3.63, 3.8) is 0 Å². The summed E-state index contributed by atoms with van der Waals surface area (Å²) in [4.78, 5) is 12.4. The van der Waals surface area contributed by atoms with Crippen LogP contribution in [-0.4, -0.2) is 16.1 Å². The van der Waals surface area contributed by atoms with E-state index in [-0.39, 0.29) is 17.2 Å². The zero-order chi connectivity index (χ0) is 16.6. The van der Waals surface area contributed by atoms with Gasteiger partial charge in [0, 0.05) is 5.41 Å². The Morgan fingerprint density at radius 3 is 2.67 bits per heavy atom. The Labute approximate surface area is 148 Å². The largest absolute Gasteiger partial charge is 0.300 e. The van der Waals surface area contributed by atoms with Gasteiger partial charge in [0.2, 0.25) is 11.0 Å². The SMILES string of the molecule is CC(C(=O)Nc1nnc(C2(c3ccccc3)CC2)s1)c1ccsc1. The Morgan fingerprint density at radius 2 is 2.00 bits per heavy atom. The topological polar surface area (TPSA) is 54.9 Å². The zero-order valence-corrected chi connectivity index (χ0v) is 14.9. The maximum atomic E-state index is 12.4. The molecule has 3 aromatic rings. The second-order valence-electron chi connectivity index (χ2n) is 6.13.